The van der Waals surface area contributed by atoms with Gasteiger partial charge in [0.2, 0.25) is 11.8 Å². The van der Waals surface area contributed by atoms with Gasteiger partial charge in [-0.3, -0.25) is 14.4 Å². The zero-order chi connectivity index (χ0) is 19.7. The van der Waals surface area contributed by atoms with Gasteiger partial charge in [0.1, 0.15) is 0 Å². The number of fused-ring (bicyclic) bond motifs is 1. The maximum Gasteiger partial charge on any atom is 0.261 e. The summed E-state index contributed by atoms with van der Waals surface area (Å²) in [5.74, 6) is 0.745. The highest BCUT2D eigenvalue weighted by Gasteiger charge is 2.32. The Labute approximate surface area is 170 Å². The largest absolute Gasteiger partial charge is 0.353 e. The molecule has 3 amide bonds. The van der Waals surface area contributed by atoms with Gasteiger partial charge >= 0.3 is 0 Å². The molecule has 1 saturated heterocycles. The van der Waals surface area contributed by atoms with Gasteiger partial charge in [-0.2, -0.15) is 0 Å². The lowest BCUT2D eigenvalue weighted by molar-refractivity contribution is -0.142. The molecule has 0 bridgehead atoms. The number of rotatable bonds is 3. The molecule has 1 aromatic heterocycles. The number of piperazine rings is 1. The standard InChI is InChI=1S/C21H29N3O3S/c1-13-2-7-17-15(10-13)11-18(28-17)20(26)23-16-5-3-14(4-6-16)21(27)24-9-8-22-19(25)12-24/h11,13-14,16H,2-10,12H2,1H3,(H,22,25)(H,23,26). The van der Waals surface area contributed by atoms with Crippen molar-refractivity contribution in [3.8, 4) is 0 Å². The molecule has 28 heavy (non-hydrogen) atoms. The Morgan fingerprint density at radius 3 is 2.75 bits per heavy atom. The molecule has 4 rings (SSSR count). The van der Waals surface area contributed by atoms with Crippen LogP contribution >= 0.6 is 11.3 Å². The van der Waals surface area contributed by atoms with E-state index in [2.05, 4.69) is 23.6 Å². The monoisotopic (exact) mass is 403 g/mol. The third-order valence-corrected chi connectivity index (χ3v) is 7.55. The van der Waals surface area contributed by atoms with Gasteiger partial charge in [0.05, 0.1) is 11.4 Å². The van der Waals surface area contributed by atoms with E-state index in [-0.39, 0.29) is 36.2 Å². The molecule has 0 aromatic carbocycles. The minimum atomic E-state index is -0.0754. The third-order valence-electron chi connectivity index (χ3n) is 6.31. The van der Waals surface area contributed by atoms with Crippen LogP contribution < -0.4 is 10.6 Å². The average Bonchev–Trinajstić information content (AvgIpc) is 3.11. The molecule has 2 heterocycles. The molecule has 1 unspecified atom stereocenters. The van der Waals surface area contributed by atoms with E-state index < -0.39 is 0 Å². The summed E-state index contributed by atoms with van der Waals surface area (Å²) in [6, 6.07) is 2.22. The topological polar surface area (TPSA) is 78.5 Å². The van der Waals surface area contributed by atoms with Crippen molar-refractivity contribution >= 4 is 29.1 Å². The van der Waals surface area contributed by atoms with Crippen molar-refractivity contribution in [1.29, 1.82) is 0 Å². The Morgan fingerprint density at radius 2 is 2.00 bits per heavy atom. The van der Waals surface area contributed by atoms with Crippen LogP contribution in [-0.2, 0) is 22.4 Å². The van der Waals surface area contributed by atoms with Crippen molar-refractivity contribution < 1.29 is 14.4 Å². The first-order valence-corrected chi connectivity index (χ1v) is 11.3. The molecule has 7 heteroatoms. The molecule has 2 fully saturated rings. The fourth-order valence-corrected chi connectivity index (χ4v) is 5.76. The highest BCUT2D eigenvalue weighted by Crippen LogP contribution is 2.32. The quantitative estimate of drug-likeness (QED) is 0.811. The molecule has 2 aliphatic carbocycles. The van der Waals surface area contributed by atoms with Crippen molar-refractivity contribution in [1.82, 2.24) is 15.5 Å². The number of nitrogens with zero attached hydrogens (tertiary/aromatic N) is 1. The highest BCUT2D eigenvalue weighted by atomic mass is 32.1. The molecule has 1 aromatic rings. The minimum Gasteiger partial charge on any atom is -0.353 e. The number of carbonyl (C=O) groups excluding carboxylic acids is 3. The van der Waals surface area contributed by atoms with Crippen LogP contribution in [0.3, 0.4) is 0 Å². The molecule has 6 nitrogen and oxygen atoms in total. The van der Waals surface area contributed by atoms with Gasteiger partial charge in [-0.1, -0.05) is 6.92 Å². The van der Waals surface area contributed by atoms with E-state index in [1.165, 1.54) is 16.9 Å². The zero-order valence-electron chi connectivity index (χ0n) is 16.5. The summed E-state index contributed by atoms with van der Waals surface area (Å²) in [5, 5.41) is 5.94. The van der Waals surface area contributed by atoms with Crippen molar-refractivity contribution in [2.75, 3.05) is 19.6 Å². The first kappa shape index (κ1) is 19.4. The second-order valence-electron chi connectivity index (χ2n) is 8.54. The fourth-order valence-electron chi connectivity index (χ4n) is 4.64. The number of amides is 3. The fraction of sp³-hybridized carbons (Fsp3) is 0.667. The zero-order valence-corrected chi connectivity index (χ0v) is 17.3. The number of hydrogen-bond acceptors (Lipinski definition) is 4. The van der Waals surface area contributed by atoms with Gasteiger partial charge in [0.25, 0.3) is 5.91 Å². The van der Waals surface area contributed by atoms with E-state index in [1.54, 1.807) is 16.2 Å². The number of carbonyl (C=O) groups is 3. The summed E-state index contributed by atoms with van der Waals surface area (Å²) in [7, 11) is 0. The highest BCUT2D eigenvalue weighted by molar-refractivity contribution is 7.14. The number of hydrogen-bond donors (Lipinski definition) is 2. The molecule has 1 aliphatic heterocycles. The molecular weight excluding hydrogens is 374 g/mol. The summed E-state index contributed by atoms with van der Waals surface area (Å²) < 4.78 is 0. The Hall–Kier alpha value is -1.89. The van der Waals surface area contributed by atoms with E-state index in [4.69, 9.17) is 0 Å². The summed E-state index contributed by atoms with van der Waals surface area (Å²) in [5.41, 5.74) is 1.36. The number of thiophene rings is 1. The van der Waals surface area contributed by atoms with Crippen LogP contribution in [0.4, 0.5) is 0 Å². The lowest BCUT2D eigenvalue weighted by Gasteiger charge is -2.33. The average molecular weight is 404 g/mol. The van der Waals surface area contributed by atoms with Gasteiger partial charge in [-0.05, 0) is 62.5 Å². The molecule has 2 N–H and O–H groups in total. The molecule has 3 aliphatic rings. The minimum absolute atomic E-state index is 0.0189. The van der Waals surface area contributed by atoms with Crippen LogP contribution in [-0.4, -0.2) is 48.3 Å². The third kappa shape index (κ3) is 4.24. The van der Waals surface area contributed by atoms with Crippen LogP contribution in [0, 0.1) is 11.8 Å². The first-order valence-electron chi connectivity index (χ1n) is 10.5. The number of aryl methyl sites for hydroxylation is 1. The molecule has 1 saturated carbocycles. The van der Waals surface area contributed by atoms with E-state index in [9.17, 15) is 14.4 Å². The van der Waals surface area contributed by atoms with E-state index >= 15 is 0 Å². The Kier molecular flexibility index (Phi) is 5.71. The maximum atomic E-state index is 12.7. The maximum absolute atomic E-state index is 12.7. The summed E-state index contributed by atoms with van der Waals surface area (Å²) in [4.78, 5) is 40.7. The molecular formula is C21H29N3O3S. The smallest absolute Gasteiger partial charge is 0.261 e. The van der Waals surface area contributed by atoms with Crippen LogP contribution in [0.2, 0.25) is 0 Å². The summed E-state index contributed by atoms with van der Waals surface area (Å²) in [6.45, 7) is 3.59. The lowest BCUT2D eigenvalue weighted by atomic mass is 9.85. The molecule has 152 valence electrons. The van der Waals surface area contributed by atoms with Crippen molar-refractivity contribution in [2.45, 2.75) is 57.9 Å². The first-order chi connectivity index (χ1) is 13.5. The second kappa shape index (κ2) is 8.23. The van der Waals surface area contributed by atoms with Crippen LogP contribution in [0.15, 0.2) is 6.07 Å². The van der Waals surface area contributed by atoms with E-state index in [0.717, 1.165) is 43.4 Å². The predicted molar refractivity (Wildman–Crippen MR) is 108 cm³/mol. The van der Waals surface area contributed by atoms with E-state index in [0.29, 0.717) is 19.0 Å². The van der Waals surface area contributed by atoms with Crippen LogP contribution in [0.25, 0.3) is 0 Å². The van der Waals surface area contributed by atoms with Gasteiger partial charge in [-0.15, -0.1) is 11.3 Å². The van der Waals surface area contributed by atoms with Crippen molar-refractivity contribution in [2.24, 2.45) is 11.8 Å². The van der Waals surface area contributed by atoms with E-state index in [1.807, 2.05) is 0 Å². The van der Waals surface area contributed by atoms with Crippen molar-refractivity contribution in [3.63, 3.8) is 0 Å². The normalized spacial score (nSPS) is 27.7. The lowest BCUT2D eigenvalue weighted by Crippen LogP contribution is -2.52. The SMILES string of the molecule is CC1CCc2sc(C(=O)NC3CCC(C(=O)N4CCNC(=O)C4)CC3)cc2C1. The Morgan fingerprint density at radius 1 is 1.21 bits per heavy atom. The van der Waals surface area contributed by atoms with Gasteiger partial charge in [0.15, 0.2) is 0 Å². The molecule has 0 radical (unpaired) electrons. The Balaban J connectivity index is 1.28. The molecule has 0 spiro atoms. The summed E-state index contributed by atoms with van der Waals surface area (Å²) in [6.07, 6.45) is 6.59. The molecule has 1 atom stereocenters. The van der Waals surface area contributed by atoms with Crippen LogP contribution in [0.5, 0.6) is 0 Å². The van der Waals surface area contributed by atoms with Crippen LogP contribution in [0.1, 0.15) is 59.1 Å². The predicted octanol–water partition coefficient (Wildman–Crippen LogP) is 2.12. The van der Waals surface area contributed by atoms with Crippen molar-refractivity contribution in [3.05, 3.63) is 21.4 Å². The number of nitrogens with one attached hydrogen (secondary N) is 2. The van der Waals surface area contributed by atoms with Gasteiger partial charge in [-0.25, -0.2) is 0 Å². The second-order valence-corrected chi connectivity index (χ2v) is 9.68. The van der Waals surface area contributed by atoms with Gasteiger partial charge < -0.3 is 15.5 Å². The summed E-state index contributed by atoms with van der Waals surface area (Å²) >= 11 is 1.65. The van der Waals surface area contributed by atoms with Gasteiger partial charge in [0, 0.05) is 29.9 Å². The Bertz CT molecular complexity index is 767.